The Morgan fingerprint density at radius 2 is 2.09 bits per heavy atom. The monoisotopic (exact) mass is 330 g/mol. The van der Waals surface area contributed by atoms with Crippen LogP contribution in [0.5, 0.6) is 0 Å². The lowest BCUT2D eigenvalue weighted by Crippen LogP contribution is -2.35. The fraction of sp³-hybridized carbons (Fsp3) is 0.375. The number of nitrogens with zero attached hydrogens (tertiary/aromatic N) is 4. The molecule has 0 N–H and O–H groups in total. The predicted molar refractivity (Wildman–Crippen MR) is 89.9 cm³/mol. The first-order valence-corrected chi connectivity index (χ1v) is 8.44. The normalized spacial score (nSPS) is 18.0. The maximum Gasteiger partial charge on any atom is 0.343 e. The minimum absolute atomic E-state index is 0.00968. The second-order valence-corrected chi connectivity index (χ2v) is 6.78. The van der Waals surface area contributed by atoms with E-state index in [9.17, 15) is 10.1 Å². The summed E-state index contributed by atoms with van der Waals surface area (Å²) in [6, 6.07) is 9.56. The van der Waals surface area contributed by atoms with Gasteiger partial charge in [0.2, 0.25) is 5.82 Å². The molecule has 6 nitrogen and oxygen atoms in total. The Morgan fingerprint density at radius 1 is 1.30 bits per heavy atom. The molecule has 1 aromatic carbocycles. The van der Waals surface area contributed by atoms with Crippen molar-refractivity contribution in [1.29, 1.82) is 0 Å². The SMILES string of the molecule is CC1CCCN(c2ncnc(Sc3ccccc3)c2[N+](=O)[O-])C1. The highest BCUT2D eigenvalue weighted by molar-refractivity contribution is 7.99. The molecule has 0 amide bonds. The van der Waals surface area contributed by atoms with E-state index < -0.39 is 0 Å². The van der Waals surface area contributed by atoms with Crippen LogP contribution >= 0.6 is 11.8 Å². The van der Waals surface area contributed by atoms with Crippen LogP contribution < -0.4 is 4.90 Å². The van der Waals surface area contributed by atoms with Gasteiger partial charge in [-0.15, -0.1) is 0 Å². The van der Waals surface area contributed by atoms with E-state index in [0.29, 0.717) is 16.8 Å². The highest BCUT2D eigenvalue weighted by atomic mass is 32.2. The van der Waals surface area contributed by atoms with Crippen molar-refractivity contribution in [3.05, 3.63) is 46.8 Å². The van der Waals surface area contributed by atoms with Gasteiger partial charge in [0.15, 0.2) is 5.03 Å². The third-order valence-electron chi connectivity index (χ3n) is 3.87. The summed E-state index contributed by atoms with van der Waals surface area (Å²) in [4.78, 5) is 22.6. The molecule has 1 aliphatic heterocycles. The maximum atomic E-state index is 11.6. The zero-order valence-corrected chi connectivity index (χ0v) is 13.7. The Kier molecular flexibility index (Phi) is 4.76. The van der Waals surface area contributed by atoms with Gasteiger partial charge in [-0.3, -0.25) is 10.1 Å². The molecule has 1 saturated heterocycles. The molecule has 2 aromatic rings. The number of piperidine rings is 1. The molecule has 7 heteroatoms. The van der Waals surface area contributed by atoms with Crippen LogP contribution in [-0.4, -0.2) is 28.0 Å². The highest BCUT2D eigenvalue weighted by Crippen LogP contribution is 2.38. The van der Waals surface area contributed by atoms with E-state index in [4.69, 9.17) is 0 Å². The Morgan fingerprint density at radius 3 is 2.78 bits per heavy atom. The number of anilines is 1. The van der Waals surface area contributed by atoms with Crippen LogP contribution in [0.3, 0.4) is 0 Å². The molecule has 0 bridgehead atoms. The van der Waals surface area contributed by atoms with Crippen LogP contribution in [0.15, 0.2) is 46.6 Å². The first-order chi connectivity index (χ1) is 11.1. The summed E-state index contributed by atoms with van der Waals surface area (Å²) in [5.41, 5.74) is 0.00968. The third kappa shape index (κ3) is 3.61. The lowest BCUT2D eigenvalue weighted by atomic mass is 10.0. The standard InChI is InChI=1S/C16H18N4O2S/c1-12-6-5-9-19(10-12)15-14(20(21)22)16(18-11-17-15)23-13-7-3-2-4-8-13/h2-4,7-8,11-12H,5-6,9-10H2,1H3. The molecule has 23 heavy (non-hydrogen) atoms. The number of benzene rings is 1. The molecule has 1 aromatic heterocycles. The number of hydrogen-bond acceptors (Lipinski definition) is 6. The largest absolute Gasteiger partial charge is 0.350 e. The second kappa shape index (κ2) is 6.95. The maximum absolute atomic E-state index is 11.6. The topological polar surface area (TPSA) is 72.2 Å². The van der Waals surface area contributed by atoms with Crippen LogP contribution in [0.1, 0.15) is 19.8 Å². The number of rotatable bonds is 4. The van der Waals surface area contributed by atoms with Crippen LogP contribution in [-0.2, 0) is 0 Å². The summed E-state index contributed by atoms with van der Waals surface area (Å²) in [5.74, 6) is 0.957. The molecule has 0 saturated carbocycles. The van der Waals surface area contributed by atoms with E-state index in [2.05, 4.69) is 16.9 Å². The number of aromatic nitrogens is 2. The first kappa shape index (κ1) is 15.7. The van der Waals surface area contributed by atoms with Gasteiger partial charge in [-0.1, -0.05) is 36.9 Å². The summed E-state index contributed by atoms with van der Waals surface area (Å²) >= 11 is 1.30. The summed E-state index contributed by atoms with van der Waals surface area (Å²) in [5, 5.41) is 12.0. The summed E-state index contributed by atoms with van der Waals surface area (Å²) < 4.78 is 0. The Labute approximate surface area is 139 Å². The molecular weight excluding hydrogens is 312 g/mol. The van der Waals surface area contributed by atoms with Crippen LogP contribution in [0.4, 0.5) is 11.5 Å². The Hall–Kier alpha value is -2.15. The molecule has 0 spiro atoms. The van der Waals surface area contributed by atoms with Crippen molar-refractivity contribution in [2.45, 2.75) is 29.7 Å². The van der Waals surface area contributed by atoms with Gasteiger partial charge in [0, 0.05) is 18.0 Å². The summed E-state index contributed by atoms with van der Waals surface area (Å²) in [6.07, 6.45) is 3.61. The van der Waals surface area contributed by atoms with Crippen LogP contribution in [0.2, 0.25) is 0 Å². The van der Waals surface area contributed by atoms with Crippen molar-refractivity contribution in [3.63, 3.8) is 0 Å². The average Bonchev–Trinajstić information content (AvgIpc) is 2.55. The Balaban J connectivity index is 1.97. The van der Waals surface area contributed by atoms with E-state index in [0.717, 1.165) is 30.8 Å². The van der Waals surface area contributed by atoms with Crippen molar-refractivity contribution in [2.75, 3.05) is 18.0 Å². The van der Waals surface area contributed by atoms with E-state index >= 15 is 0 Å². The lowest BCUT2D eigenvalue weighted by molar-refractivity contribution is -0.387. The fourth-order valence-electron chi connectivity index (χ4n) is 2.80. The van der Waals surface area contributed by atoms with Crippen LogP contribution in [0.25, 0.3) is 0 Å². The van der Waals surface area contributed by atoms with Gasteiger partial charge in [-0.2, -0.15) is 0 Å². The second-order valence-electron chi connectivity index (χ2n) is 5.72. The van der Waals surface area contributed by atoms with Crippen molar-refractivity contribution < 1.29 is 4.92 Å². The third-order valence-corrected chi connectivity index (χ3v) is 4.87. The van der Waals surface area contributed by atoms with E-state index in [1.165, 1.54) is 18.1 Å². The van der Waals surface area contributed by atoms with Crippen LogP contribution in [0, 0.1) is 16.0 Å². The van der Waals surface area contributed by atoms with E-state index in [1.807, 2.05) is 35.2 Å². The molecule has 2 heterocycles. The highest BCUT2D eigenvalue weighted by Gasteiger charge is 2.29. The quantitative estimate of drug-likeness (QED) is 0.483. The molecular formula is C16H18N4O2S. The first-order valence-electron chi connectivity index (χ1n) is 7.62. The van der Waals surface area contributed by atoms with Gasteiger partial charge < -0.3 is 4.90 Å². The minimum Gasteiger partial charge on any atom is -0.350 e. The van der Waals surface area contributed by atoms with Crippen molar-refractivity contribution in [1.82, 2.24) is 9.97 Å². The van der Waals surface area contributed by atoms with Gasteiger partial charge in [-0.05, 0) is 30.9 Å². The van der Waals surface area contributed by atoms with Crippen molar-refractivity contribution in [3.8, 4) is 0 Å². The van der Waals surface area contributed by atoms with Gasteiger partial charge in [0.1, 0.15) is 6.33 Å². The average molecular weight is 330 g/mol. The van der Waals surface area contributed by atoms with Gasteiger partial charge in [0.05, 0.1) is 4.92 Å². The minimum atomic E-state index is -0.361. The summed E-state index contributed by atoms with van der Waals surface area (Å²) in [7, 11) is 0. The predicted octanol–water partition coefficient (Wildman–Crippen LogP) is 3.77. The lowest BCUT2D eigenvalue weighted by Gasteiger charge is -2.31. The van der Waals surface area contributed by atoms with Gasteiger partial charge in [-0.25, -0.2) is 9.97 Å². The van der Waals surface area contributed by atoms with Crippen molar-refractivity contribution in [2.24, 2.45) is 5.92 Å². The smallest absolute Gasteiger partial charge is 0.343 e. The zero-order valence-electron chi connectivity index (χ0n) is 12.9. The molecule has 1 atom stereocenters. The molecule has 1 unspecified atom stereocenters. The number of nitro groups is 1. The molecule has 120 valence electrons. The molecule has 0 radical (unpaired) electrons. The molecule has 0 aliphatic carbocycles. The summed E-state index contributed by atoms with van der Waals surface area (Å²) in [6.45, 7) is 3.77. The van der Waals surface area contributed by atoms with Gasteiger partial charge in [0.25, 0.3) is 0 Å². The van der Waals surface area contributed by atoms with E-state index in [1.54, 1.807) is 0 Å². The Bertz CT molecular complexity index is 696. The van der Waals surface area contributed by atoms with Crippen molar-refractivity contribution >= 4 is 23.3 Å². The molecule has 1 fully saturated rings. The zero-order chi connectivity index (χ0) is 16.2. The van der Waals surface area contributed by atoms with E-state index in [-0.39, 0.29) is 10.6 Å². The molecule has 3 rings (SSSR count). The fourth-order valence-corrected chi connectivity index (χ4v) is 3.68. The number of hydrogen-bond donors (Lipinski definition) is 0. The van der Waals surface area contributed by atoms with Gasteiger partial charge >= 0.3 is 5.69 Å². The molecule has 1 aliphatic rings.